The van der Waals surface area contributed by atoms with Crippen molar-refractivity contribution in [2.24, 2.45) is 5.73 Å². The van der Waals surface area contributed by atoms with E-state index in [0.29, 0.717) is 19.1 Å². The molecule has 3 N–H and O–H groups in total. The number of carbonyl (C=O) groups excluding carboxylic acids is 2. The Morgan fingerprint density at radius 3 is 2.60 bits per heavy atom. The van der Waals surface area contributed by atoms with Gasteiger partial charge < -0.3 is 11.1 Å². The highest BCUT2D eigenvalue weighted by Crippen LogP contribution is 2.24. The van der Waals surface area contributed by atoms with Crippen LogP contribution in [0.2, 0.25) is 0 Å². The van der Waals surface area contributed by atoms with Crippen molar-refractivity contribution in [2.75, 3.05) is 25.0 Å². The number of carbonyl (C=O) groups is 2. The lowest BCUT2D eigenvalue weighted by Gasteiger charge is -2.24. The van der Waals surface area contributed by atoms with Crippen LogP contribution in [0.1, 0.15) is 38.2 Å². The van der Waals surface area contributed by atoms with Gasteiger partial charge in [0, 0.05) is 18.3 Å². The second-order valence-corrected chi connectivity index (χ2v) is 7.20. The molecule has 2 saturated heterocycles. The summed E-state index contributed by atoms with van der Waals surface area (Å²) in [6.45, 7) is 5.09. The largest absolute Gasteiger partial charge is 0.368 e. The van der Waals surface area contributed by atoms with E-state index in [1.54, 1.807) is 0 Å². The molecule has 2 heterocycles. The van der Waals surface area contributed by atoms with Crippen molar-refractivity contribution in [2.45, 2.75) is 51.2 Å². The van der Waals surface area contributed by atoms with Crippen molar-refractivity contribution in [1.29, 1.82) is 0 Å². The molecular formula is C19H28N4O2. The number of nitrogens with two attached hydrogens (primary N) is 1. The molecule has 0 aromatic heterocycles. The minimum atomic E-state index is -0.262. The molecule has 0 saturated carbocycles. The smallest absolute Gasteiger partial charge is 0.238 e. The van der Waals surface area contributed by atoms with Gasteiger partial charge in [0.25, 0.3) is 0 Å². The minimum absolute atomic E-state index is 0.0223. The fraction of sp³-hybridized carbons (Fsp3) is 0.579. The van der Waals surface area contributed by atoms with E-state index in [0.717, 1.165) is 50.0 Å². The lowest BCUT2D eigenvalue weighted by molar-refractivity contribution is -0.122. The van der Waals surface area contributed by atoms with Gasteiger partial charge in [0.15, 0.2) is 0 Å². The lowest BCUT2D eigenvalue weighted by Crippen LogP contribution is -2.40. The van der Waals surface area contributed by atoms with Crippen LogP contribution in [0.4, 0.5) is 5.69 Å². The van der Waals surface area contributed by atoms with E-state index >= 15 is 0 Å². The zero-order valence-corrected chi connectivity index (χ0v) is 14.9. The van der Waals surface area contributed by atoms with Crippen LogP contribution in [0.5, 0.6) is 0 Å². The lowest BCUT2D eigenvalue weighted by atomic mass is 10.1. The van der Waals surface area contributed by atoms with Crippen molar-refractivity contribution in [1.82, 2.24) is 9.80 Å². The summed E-state index contributed by atoms with van der Waals surface area (Å²) in [5, 5.41) is 3.05. The molecule has 2 aliphatic heterocycles. The standard InChI is InChI=1S/C19H28N4O2/c1-14-6-4-10-22(14)13-18(24)21-16-8-3-2-7-15(16)12-23-11-5-9-17(23)19(20)25/h2-3,7-8,14,17H,4-6,9-13H2,1H3,(H2,20,25)(H,21,24). The third-order valence-corrected chi connectivity index (χ3v) is 5.39. The van der Waals surface area contributed by atoms with Gasteiger partial charge in [-0.05, 0) is 57.3 Å². The highest BCUT2D eigenvalue weighted by Gasteiger charge is 2.29. The van der Waals surface area contributed by atoms with Crippen molar-refractivity contribution < 1.29 is 9.59 Å². The molecule has 2 atom stereocenters. The van der Waals surface area contributed by atoms with Gasteiger partial charge in [-0.3, -0.25) is 19.4 Å². The molecule has 6 heteroatoms. The van der Waals surface area contributed by atoms with Crippen LogP contribution >= 0.6 is 0 Å². The summed E-state index contributed by atoms with van der Waals surface area (Å²) in [6.07, 6.45) is 4.12. The van der Waals surface area contributed by atoms with Crippen LogP contribution in [0.15, 0.2) is 24.3 Å². The molecule has 0 bridgehead atoms. The van der Waals surface area contributed by atoms with Gasteiger partial charge >= 0.3 is 0 Å². The first-order chi connectivity index (χ1) is 12.0. The molecule has 3 rings (SSSR count). The molecule has 0 spiro atoms. The highest BCUT2D eigenvalue weighted by molar-refractivity contribution is 5.93. The maximum Gasteiger partial charge on any atom is 0.238 e. The molecular weight excluding hydrogens is 316 g/mol. The number of hydrogen-bond acceptors (Lipinski definition) is 4. The Morgan fingerprint density at radius 1 is 1.16 bits per heavy atom. The van der Waals surface area contributed by atoms with E-state index in [-0.39, 0.29) is 17.9 Å². The van der Waals surface area contributed by atoms with Gasteiger partial charge in [0.05, 0.1) is 12.6 Å². The minimum Gasteiger partial charge on any atom is -0.368 e. The summed E-state index contributed by atoms with van der Waals surface area (Å²) in [4.78, 5) is 28.4. The molecule has 136 valence electrons. The van der Waals surface area contributed by atoms with Gasteiger partial charge in [0.1, 0.15) is 0 Å². The number of primary amides is 1. The summed E-state index contributed by atoms with van der Waals surface area (Å²) in [7, 11) is 0. The normalized spacial score (nSPS) is 24.5. The van der Waals surface area contributed by atoms with E-state index in [1.165, 1.54) is 0 Å². The fourth-order valence-corrected chi connectivity index (χ4v) is 3.94. The molecule has 6 nitrogen and oxygen atoms in total. The highest BCUT2D eigenvalue weighted by atomic mass is 16.2. The second kappa shape index (κ2) is 7.97. The average molecular weight is 344 g/mol. The Labute approximate surface area is 149 Å². The molecule has 1 aromatic carbocycles. The van der Waals surface area contributed by atoms with E-state index in [2.05, 4.69) is 22.0 Å². The Balaban J connectivity index is 1.64. The second-order valence-electron chi connectivity index (χ2n) is 7.20. The third kappa shape index (κ3) is 4.38. The zero-order valence-electron chi connectivity index (χ0n) is 14.9. The molecule has 0 radical (unpaired) electrons. The number of likely N-dealkylation sites (tertiary alicyclic amines) is 2. The molecule has 25 heavy (non-hydrogen) atoms. The summed E-state index contributed by atoms with van der Waals surface area (Å²) in [6, 6.07) is 8.09. The quantitative estimate of drug-likeness (QED) is 0.821. The first-order valence-electron chi connectivity index (χ1n) is 9.20. The predicted molar refractivity (Wildman–Crippen MR) is 98.0 cm³/mol. The SMILES string of the molecule is CC1CCCN1CC(=O)Nc1ccccc1CN1CCCC1C(N)=O. The molecule has 0 aliphatic carbocycles. The van der Waals surface area contributed by atoms with Crippen LogP contribution in [0.25, 0.3) is 0 Å². The van der Waals surface area contributed by atoms with E-state index < -0.39 is 0 Å². The van der Waals surface area contributed by atoms with Crippen LogP contribution in [0, 0.1) is 0 Å². The maximum atomic E-state index is 12.4. The van der Waals surface area contributed by atoms with Crippen LogP contribution in [-0.2, 0) is 16.1 Å². The Morgan fingerprint density at radius 2 is 1.88 bits per heavy atom. The number of rotatable bonds is 6. The van der Waals surface area contributed by atoms with Gasteiger partial charge in [-0.1, -0.05) is 18.2 Å². The summed E-state index contributed by atoms with van der Waals surface area (Å²) >= 11 is 0. The van der Waals surface area contributed by atoms with Crippen LogP contribution in [0.3, 0.4) is 0 Å². The molecule has 2 aliphatic rings. The number of nitrogens with one attached hydrogen (secondary N) is 1. The predicted octanol–water partition coefficient (Wildman–Crippen LogP) is 1.56. The van der Waals surface area contributed by atoms with Gasteiger partial charge in [-0.2, -0.15) is 0 Å². The summed E-state index contributed by atoms with van der Waals surface area (Å²) in [5.74, 6) is -0.240. The van der Waals surface area contributed by atoms with Gasteiger partial charge in [-0.25, -0.2) is 0 Å². The summed E-state index contributed by atoms with van der Waals surface area (Å²) < 4.78 is 0. The first kappa shape index (κ1) is 17.9. The van der Waals surface area contributed by atoms with Crippen molar-refractivity contribution in [3.05, 3.63) is 29.8 Å². The Hall–Kier alpha value is -1.92. The van der Waals surface area contributed by atoms with Crippen LogP contribution < -0.4 is 11.1 Å². The number of para-hydroxylation sites is 1. The topological polar surface area (TPSA) is 78.7 Å². The van der Waals surface area contributed by atoms with Gasteiger partial charge in [0.2, 0.25) is 11.8 Å². The number of amides is 2. The van der Waals surface area contributed by atoms with E-state index in [1.807, 2.05) is 24.3 Å². The molecule has 2 unspecified atom stereocenters. The van der Waals surface area contributed by atoms with Crippen molar-refractivity contribution in [3.8, 4) is 0 Å². The molecule has 2 amide bonds. The number of benzene rings is 1. The first-order valence-corrected chi connectivity index (χ1v) is 9.20. The summed E-state index contributed by atoms with van der Waals surface area (Å²) in [5.41, 5.74) is 7.36. The number of anilines is 1. The van der Waals surface area contributed by atoms with Gasteiger partial charge in [-0.15, -0.1) is 0 Å². The number of nitrogens with zero attached hydrogens (tertiary/aromatic N) is 2. The Bertz CT molecular complexity index is 634. The monoisotopic (exact) mass is 344 g/mol. The average Bonchev–Trinajstić information content (AvgIpc) is 3.19. The molecule has 1 aromatic rings. The van der Waals surface area contributed by atoms with E-state index in [9.17, 15) is 9.59 Å². The molecule has 2 fully saturated rings. The Kier molecular flexibility index (Phi) is 5.71. The third-order valence-electron chi connectivity index (χ3n) is 5.39. The maximum absolute atomic E-state index is 12.4. The number of hydrogen-bond donors (Lipinski definition) is 2. The van der Waals surface area contributed by atoms with Crippen molar-refractivity contribution in [3.63, 3.8) is 0 Å². The fourth-order valence-electron chi connectivity index (χ4n) is 3.94. The zero-order chi connectivity index (χ0) is 17.8. The van der Waals surface area contributed by atoms with Crippen molar-refractivity contribution >= 4 is 17.5 Å². The van der Waals surface area contributed by atoms with E-state index in [4.69, 9.17) is 5.73 Å². The van der Waals surface area contributed by atoms with Crippen LogP contribution in [-0.4, -0.2) is 53.3 Å².